The zero-order chi connectivity index (χ0) is 28.2. The Hall–Kier alpha value is -2.32. The predicted octanol–water partition coefficient (Wildman–Crippen LogP) is 0.121. The molecule has 12 nitrogen and oxygen atoms in total. The number of esters is 1. The Morgan fingerprint density at radius 2 is 1.87 bits per heavy atom. The minimum absolute atomic E-state index is 0.00584. The fraction of sp³-hybridized carbons (Fsp3) is 0.692. The third-order valence-electron chi connectivity index (χ3n) is 7.47. The van der Waals surface area contributed by atoms with Crippen LogP contribution < -0.4 is 0 Å². The number of fused-ring (bicyclic) bond motifs is 1. The largest absolute Gasteiger partial charge is 0.478 e. The summed E-state index contributed by atoms with van der Waals surface area (Å²) >= 11 is 0. The second-order valence-corrected chi connectivity index (χ2v) is 10.3. The van der Waals surface area contributed by atoms with Crippen LogP contribution in [0.1, 0.15) is 46.5 Å². The summed E-state index contributed by atoms with van der Waals surface area (Å²) < 4.78 is 22.6. The lowest BCUT2D eigenvalue weighted by Crippen LogP contribution is -2.62. The SMILES string of the molecule is C/C(=C\CO)CC/C=C(\C)C(=O)O[C@H]1[C@H](OC2OC=C(C(=O)O)C3CCC(C)(O)C23)O[C@H](CO)[C@@H](O)[C@@H]1O. The zero-order valence-electron chi connectivity index (χ0n) is 21.7. The Kier molecular flexibility index (Phi) is 10.1. The summed E-state index contributed by atoms with van der Waals surface area (Å²) in [6.45, 7) is 4.17. The molecule has 2 heterocycles. The molecule has 0 aromatic heterocycles. The number of allylic oxidation sites excluding steroid dienone is 2. The highest BCUT2D eigenvalue weighted by molar-refractivity contribution is 5.88. The van der Waals surface area contributed by atoms with Gasteiger partial charge in [-0.3, -0.25) is 0 Å². The molecular weight excluding hydrogens is 504 g/mol. The Balaban J connectivity index is 1.80. The Bertz CT molecular complexity index is 954. The van der Waals surface area contributed by atoms with Crippen LogP contribution in [0.5, 0.6) is 0 Å². The van der Waals surface area contributed by atoms with Crippen molar-refractivity contribution >= 4 is 11.9 Å². The summed E-state index contributed by atoms with van der Waals surface area (Å²) in [4.78, 5) is 24.5. The van der Waals surface area contributed by atoms with Crippen LogP contribution in [-0.2, 0) is 28.5 Å². The lowest BCUT2D eigenvalue weighted by molar-refractivity contribution is -0.347. The molecule has 9 atom stereocenters. The van der Waals surface area contributed by atoms with Crippen LogP contribution in [0, 0.1) is 11.8 Å². The molecule has 0 spiro atoms. The van der Waals surface area contributed by atoms with Crippen molar-refractivity contribution in [2.45, 2.75) is 89.1 Å². The van der Waals surface area contributed by atoms with Crippen molar-refractivity contribution in [2.75, 3.05) is 13.2 Å². The highest BCUT2D eigenvalue weighted by Crippen LogP contribution is 2.49. The first-order chi connectivity index (χ1) is 17.9. The summed E-state index contributed by atoms with van der Waals surface area (Å²) in [7, 11) is 0. The summed E-state index contributed by atoms with van der Waals surface area (Å²) in [6, 6.07) is 0. The first kappa shape index (κ1) is 30.2. The molecule has 214 valence electrons. The van der Waals surface area contributed by atoms with Gasteiger partial charge in [0.2, 0.25) is 12.6 Å². The van der Waals surface area contributed by atoms with Crippen LogP contribution >= 0.6 is 0 Å². The Labute approximate surface area is 220 Å². The molecule has 12 heteroatoms. The van der Waals surface area contributed by atoms with Crippen molar-refractivity contribution in [3.8, 4) is 0 Å². The van der Waals surface area contributed by atoms with Gasteiger partial charge >= 0.3 is 11.9 Å². The number of carbonyl (C=O) groups excluding carboxylic acids is 1. The monoisotopic (exact) mass is 542 g/mol. The van der Waals surface area contributed by atoms with E-state index in [1.165, 1.54) is 6.92 Å². The standard InChI is InChI=1S/C26H38O12/c1-13(8-10-27)5-4-6-14(2)23(33)37-21-20(30)19(29)17(11-28)36-25(21)38-24-18-15(7-9-26(18,3)34)16(12-35-24)22(31)32/h6,8,12,15,17-21,24-25,27-30,34H,4-5,7,9-11H2,1-3H3,(H,31,32)/b13-8+,14-6+/t15?,17-,18?,19-,20+,21-,24?,25+,26?/m1/s1. The molecule has 1 aliphatic carbocycles. The third kappa shape index (κ3) is 6.63. The second-order valence-electron chi connectivity index (χ2n) is 10.3. The smallest absolute Gasteiger partial charge is 0.334 e. The quantitative estimate of drug-likeness (QED) is 0.124. The summed E-state index contributed by atoms with van der Waals surface area (Å²) in [5.74, 6) is -3.37. The number of hydrogen-bond donors (Lipinski definition) is 6. The van der Waals surface area contributed by atoms with Gasteiger partial charge in [0.15, 0.2) is 6.10 Å². The minimum Gasteiger partial charge on any atom is -0.478 e. The zero-order valence-corrected chi connectivity index (χ0v) is 21.7. The van der Waals surface area contributed by atoms with Crippen molar-refractivity contribution in [3.05, 3.63) is 35.1 Å². The number of carboxylic acid groups (broad SMARTS) is 1. The van der Waals surface area contributed by atoms with Gasteiger partial charge in [-0.2, -0.15) is 0 Å². The molecule has 38 heavy (non-hydrogen) atoms. The van der Waals surface area contributed by atoms with E-state index < -0.39 is 73.0 Å². The second kappa shape index (κ2) is 12.7. The molecule has 2 fully saturated rings. The van der Waals surface area contributed by atoms with Crippen molar-refractivity contribution in [1.29, 1.82) is 0 Å². The van der Waals surface area contributed by atoms with Gasteiger partial charge in [-0.1, -0.05) is 17.7 Å². The van der Waals surface area contributed by atoms with Crippen molar-refractivity contribution in [2.24, 2.45) is 11.8 Å². The molecule has 0 radical (unpaired) electrons. The topological polar surface area (TPSA) is 192 Å². The maximum Gasteiger partial charge on any atom is 0.334 e. The van der Waals surface area contributed by atoms with Crippen LogP contribution in [-0.4, -0.2) is 98.4 Å². The number of aliphatic carboxylic acids is 1. The normalized spacial score (nSPS) is 37.7. The van der Waals surface area contributed by atoms with E-state index in [1.54, 1.807) is 19.1 Å². The maximum atomic E-state index is 12.8. The van der Waals surface area contributed by atoms with Crippen LogP contribution in [0.2, 0.25) is 0 Å². The number of aliphatic hydroxyl groups excluding tert-OH is 4. The van der Waals surface area contributed by atoms with E-state index in [2.05, 4.69) is 0 Å². The van der Waals surface area contributed by atoms with Crippen LogP contribution in [0.25, 0.3) is 0 Å². The van der Waals surface area contributed by atoms with Gasteiger partial charge in [-0.25, -0.2) is 9.59 Å². The first-order valence-electron chi connectivity index (χ1n) is 12.6. The van der Waals surface area contributed by atoms with Gasteiger partial charge in [0.05, 0.1) is 36.6 Å². The van der Waals surface area contributed by atoms with Crippen molar-refractivity contribution < 1.29 is 59.2 Å². The Morgan fingerprint density at radius 1 is 1.16 bits per heavy atom. The highest BCUT2D eigenvalue weighted by Gasteiger charge is 2.56. The van der Waals surface area contributed by atoms with Crippen LogP contribution in [0.15, 0.2) is 35.1 Å². The summed E-state index contributed by atoms with van der Waals surface area (Å²) in [6.07, 6.45) is -2.71. The lowest BCUT2D eigenvalue weighted by atomic mass is 9.81. The van der Waals surface area contributed by atoms with E-state index in [1.807, 2.05) is 6.92 Å². The fourth-order valence-electron chi connectivity index (χ4n) is 5.19. The molecule has 1 saturated carbocycles. The van der Waals surface area contributed by atoms with Gasteiger partial charge < -0.3 is 49.6 Å². The molecule has 0 aromatic rings. The summed E-state index contributed by atoms with van der Waals surface area (Å²) in [5, 5.41) is 60.2. The molecule has 4 unspecified atom stereocenters. The number of carbonyl (C=O) groups is 2. The first-order valence-corrected chi connectivity index (χ1v) is 12.6. The van der Waals surface area contributed by atoms with E-state index in [0.717, 1.165) is 11.8 Å². The molecule has 1 saturated heterocycles. The lowest BCUT2D eigenvalue weighted by Gasteiger charge is -2.45. The van der Waals surface area contributed by atoms with Crippen LogP contribution in [0.3, 0.4) is 0 Å². The molecule has 6 N–H and O–H groups in total. The number of rotatable bonds is 10. The van der Waals surface area contributed by atoms with E-state index >= 15 is 0 Å². The molecule has 3 aliphatic rings. The molecule has 0 amide bonds. The molecule has 3 rings (SSSR count). The van der Waals surface area contributed by atoms with Crippen molar-refractivity contribution in [3.63, 3.8) is 0 Å². The van der Waals surface area contributed by atoms with Gasteiger partial charge in [-0.05, 0) is 46.5 Å². The predicted molar refractivity (Wildman–Crippen MR) is 130 cm³/mol. The number of hydrogen-bond acceptors (Lipinski definition) is 11. The number of aliphatic hydroxyl groups is 5. The van der Waals surface area contributed by atoms with Gasteiger partial charge in [0.25, 0.3) is 0 Å². The minimum atomic E-state index is -1.69. The number of ether oxygens (including phenoxy) is 4. The van der Waals surface area contributed by atoms with E-state index in [0.29, 0.717) is 19.3 Å². The highest BCUT2D eigenvalue weighted by atomic mass is 16.8. The summed E-state index contributed by atoms with van der Waals surface area (Å²) in [5.41, 5.74) is -0.176. The van der Waals surface area contributed by atoms with E-state index in [4.69, 9.17) is 24.1 Å². The molecule has 0 aromatic carbocycles. The molecule has 0 bridgehead atoms. The van der Waals surface area contributed by atoms with Gasteiger partial charge in [0, 0.05) is 11.5 Å². The van der Waals surface area contributed by atoms with Gasteiger partial charge in [0.1, 0.15) is 18.3 Å². The maximum absolute atomic E-state index is 12.8. The Morgan fingerprint density at radius 3 is 2.50 bits per heavy atom. The average Bonchev–Trinajstić information content (AvgIpc) is 3.18. The number of carboxylic acids is 1. The van der Waals surface area contributed by atoms with Gasteiger partial charge in [-0.15, -0.1) is 0 Å². The molecule has 2 aliphatic heterocycles. The van der Waals surface area contributed by atoms with Crippen LogP contribution in [0.4, 0.5) is 0 Å². The average molecular weight is 543 g/mol. The third-order valence-corrected chi connectivity index (χ3v) is 7.47. The molecular formula is C26H38O12. The van der Waals surface area contributed by atoms with E-state index in [-0.39, 0.29) is 24.2 Å². The van der Waals surface area contributed by atoms with E-state index in [9.17, 15) is 35.1 Å². The fourth-order valence-corrected chi connectivity index (χ4v) is 5.19. The van der Waals surface area contributed by atoms with Crippen molar-refractivity contribution in [1.82, 2.24) is 0 Å².